The van der Waals surface area contributed by atoms with E-state index >= 15 is 0 Å². The summed E-state index contributed by atoms with van der Waals surface area (Å²) in [6.45, 7) is 11.2. The highest BCUT2D eigenvalue weighted by Crippen LogP contribution is 2.45. The van der Waals surface area contributed by atoms with Gasteiger partial charge < -0.3 is 15.7 Å². The van der Waals surface area contributed by atoms with E-state index in [-0.39, 0.29) is 41.8 Å². The Morgan fingerprint density at radius 1 is 0.922 bits per heavy atom. The number of benzene rings is 3. The molecule has 0 bridgehead atoms. The molecule has 1 aliphatic carbocycles. The number of aliphatic hydroxyl groups excluding tert-OH is 1. The average molecular weight is 734 g/mol. The van der Waals surface area contributed by atoms with Crippen molar-refractivity contribution in [1.29, 1.82) is 0 Å². The molecule has 1 saturated carbocycles. The second kappa shape index (κ2) is 15.9. The molecule has 12 heteroatoms. The maximum Gasteiger partial charge on any atom is 0.243 e. The molecule has 4 atom stereocenters. The lowest BCUT2D eigenvalue weighted by atomic mass is 9.85. The Balaban J connectivity index is 1.35. The number of aromatic nitrogens is 1. The van der Waals surface area contributed by atoms with E-state index in [9.17, 15) is 23.1 Å². The van der Waals surface area contributed by atoms with Gasteiger partial charge in [0, 0.05) is 18.6 Å². The van der Waals surface area contributed by atoms with Crippen molar-refractivity contribution in [2.24, 2.45) is 11.3 Å². The van der Waals surface area contributed by atoms with E-state index in [1.165, 1.54) is 21.7 Å². The maximum atomic E-state index is 14.2. The van der Waals surface area contributed by atoms with Crippen LogP contribution in [0.2, 0.25) is 0 Å². The zero-order chi connectivity index (χ0) is 37.0. The normalized spacial score (nSPS) is 16.8. The molecule has 5 rings (SSSR count). The van der Waals surface area contributed by atoms with Crippen LogP contribution in [0.5, 0.6) is 0 Å². The van der Waals surface area contributed by atoms with E-state index in [0.29, 0.717) is 5.52 Å². The van der Waals surface area contributed by atoms with Crippen molar-refractivity contribution in [3.63, 3.8) is 0 Å². The van der Waals surface area contributed by atoms with Crippen molar-refractivity contribution in [3.05, 3.63) is 95.5 Å². The number of fused-ring (bicyclic) bond motifs is 1. The smallest absolute Gasteiger partial charge is 0.243 e. The molecule has 4 N–H and O–H groups in total. The Morgan fingerprint density at radius 3 is 2.18 bits per heavy atom. The average Bonchev–Trinajstić information content (AvgIpc) is 3.71. The Kier molecular flexibility index (Phi) is 12.0. The molecule has 0 spiro atoms. The van der Waals surface area contributed by atoms with Crippen LogP contribution in [0.3, 0.4) is 0 Å². The number of aliphatic hydroxyl groups is 1. The van der Waals surface area contributed by atoms with E-state index in [1.807, 2.05) is 83.1 Å². The van der Waals surface area contributed by atoms with Gasteiger partial charge in [-0.3, -0.25) is 14.9 Å². The Morgan fingerprint density at radius 2 is 1.57 bits per heavy atom. The van der Waals surface area contributed by atoms with Crippen molar-refractivity contribution in [1.82, 2.24) is 25.2 Å². The van der Waals surface area contributed by atoms with Crippen LogP contribution in [0.1, 0.15) is 65.5 Å². The lowest BCUT2D eigenvalue weighted by Gasteiger charge is -2.35. The Labute approximate surface area is 306 Å². The van der Waals surface area contributed by atoms with Crippen molar-refractivity contribution >= 4 is 43.4 Å². The van der Waals surface area contributed by atoms with E-state index in [0.717, 1.165) is 28.7 Å². The van der Waals surface area contributed by atoms with Gasteiger partial charge in [-0.05, 0) is 66.8 Å². The first-order valence-electron chi connectivity index (χ1n) is 17.6. The summed E-state index contributed by atoms with van der Waals surface area (Å²) in [6.07, 6.45) is 0.811. The summed E-state index contributed by atoms with van der Waals surface area (Å²) in [5.74, 6) is -0.797. The van der Waals surface area contributed by atoms with E-state index in [2.05, 4.69) is 33.1 Å². The number of thiazole rings is 1. The van der Waals surface area contributed by atoms with Crippen molar-refractivity contribution in [2.75, 3.05) is 13.1 Å². The van der Waals surface area contributed by atoms with Crippen LogP contribution in [-0.2, 0) is 31.6 Å². The number of sulfonamides is 1. The number of nitrogens with one attached hydrogen (secondary N) is 3. The molecule has 1 heterocycles. The lowest BCUT2D eigenvalue weighted by molar-refractivity contribution is -0.133. The summed E-state index contributed by atoms with van der Waals surface area (Å²) >= 11 is 1.36. The molecule has 10 nitrogen and oxygen atoms in total. The van der Waals surface area contributed by atoms with Crippen LogP contribution in [0.15, 0.2) is 89.3 Å². The largest absolute Gasteiger partial charge is 0.390 e. The minimum atomic E-state index is -4.01. The predicted octanol–water partition coefficient (Wildman–Crippen LogP) is 5.23. The molecule has 4 unspecified atom stereocenters. The van der Waals surface area contributed by atoms with Gasteiger partial charge in [0.05, 0.1) is 38.8 Å². The Hall–Kier alpha value is -3.68. The first-order chi connectivity index (χ1) is 24.1. The van der Waals surface area contributed by atoms with Gasteiger partial charge in [-0.15, -0.1) is 11.3 Å². The van der Waals surface area contributed by atoms with Crippen molar-refractivity contribution in [2.45, 2.75) is 95.5 Å². The van der Waals surface area contributed by atoms with Gasteiger partial charge in [0.1, 0.15) is 6.04 Å². The monoisotopic (exact) mass is 733 g/mol. The Bertz CT molecular complexity index is 1890. The van der Waals surface area contributed by atoms with E-state index in [4.69, 9.17) is 0 Å². The fourth-order valence-corrected chi connectivity index (χ4v) is 8.84. The van der Waals surface area contributed by atoms with Crippen LogP contribution in [0, 0.1) is 11.3 Å². The summed E-state index contributed by atoms with van der Waals surface area (Å²) in [7, 11) is -4.01. The van der Waals surface area contributed by atoms with Gasteiger partial charge in [0.15, 0.2) is 0 Å². The molecule has 0 radical (unpaired) electrons. The predicted molar refractivity (Wildman–Crippen MR) is 203 cm³/mol. The third-order valence-corrected chi connectivity index (χ3v) is 12.0. The van der Waals surface area contributed by atoms with Crippen molar-refractivity contribution < 1.29 is 23.1 Å². The molecule has 1 fully saturated rings. The highest BCUT2D eigenvalue weighted by Gasteiger charge is 2.46. The summed E-state index contributed by atoms with van der Waals surface area (Å²) in [5.41, 5.74) is 3.43. The summed E-state index contributed by atoms with van der Waals surface area (Å²) in [6, 6.07) is 22.0. The van der Waals surface area contributed by atoms with Gasteiger partial charge in [-0.2, -0.15) is 4.31 Å². The van der Waals surface area contributed by atoms with Crippen LogP contribution < -0.4 is 16.0 Å². The molecule has 2 amide bonds. The number of amides is 2. The molecule has 1 aliphatic rings. The third-order valence-electron chi connectivity index (χ3n) is 9.37. The van der Waals surface area contributed by atoms with Crippen LogP contribution in [-0.4, -0.2) is 71.9 Å². The van der Waals surface area contributed by atoms with Gasteiger partial charge in [-0.1, -0.05) is 95.3 Å². The number of rotatable bonds is 16. The van der Waals surface area contributed by atoms with Gasteiger partial charge in [-0.25, -0.2) is 13.4 Å². The molecule has 4 aromatic rings. The SMILES string of the molecule is CC(C)CN(CC(O)C(Cc1ccccc1)NC(=O)C(NC(=O)C(C)NC1(c2ccccc2)CC1)C(C)(C)C)S(=O)(=O)c1ccc2ncsc2c1. The molecular weight excluding hydrogens is 683 g/mol. The zero-order valence-corrected chi connectivity index (χ0v) is 31.9. The first-order valence-corrected chi connectivity index (χ1v) is 19.9. The number of nitrogens with zero attached hydrogens (tertiary/aromatic N) is 2. The molecule has 51 heavy (non-hydrogen) atoms. The topological polar surface area (TPSA) is 141 Å². The number of hydrogen-bond donors (Lipinski definition) is 4. The fourth-order valence-electron chi connectivity index (χ4n) is 6.40. The number of carbonyl (C=O) groups excluding carboxylic acids is 2. The second-order valence-electron chi connectivity index (χ2n) is 15.2. The molecule has 1 aromatic heterocycles. The minimum absolute atomic E-state index is 0.0333. The van der Waals surface area contributed by atoms with Crippen molar-refractivity contribution in [3.8, 4) is 0 Å². The van der Waals surface area contributed by atoms with Crippen LogP contribution in [0.4, 0.5) is 0 Å². The summed E-state index contributed by atoms with van der Waals surface area (Å²) < 4.78 is 30.1. The maximum absolute atomic E-state index is 14.2. The third kappa shape index (κ3) is 9.61. The molecule has 274 valence electrons. The molecule has 0 saturated heterocycles. The number of carbonyl (C=O) groups is 2. The second-order valence-corrected chi connectivity index (χ2v) is 18.0. The lowest BCUT2D eigenvalue weighted by Crippen LogP contribution is -2.60. The molecule has 0 aliphatic heterocycles. The molecule has 3 aromatic carbocycles. The first kappa shape index (κ1) is 38.5. The minimum Gasteiger partial charge on any atom is -0.390 e. The zero-order valence-electron chi connectivity index (χ0n) is 30.3. The molecular formula is C39H51N5O5S2. The van der Waals surface area contributed by atoms with Gasteiger partial charge >= 0.3 is 0 Å². The van der Waals surface area contributed by atoms with Gasteiger partial charge in [0.25, 0.3) is 0 Å². The number of hydrogen-bond acceptors (Lipinski definition) is 8. The highest BCUT2D eigenvalue weighted by atomic mass is 32.2. The summed E-state index contributed by atoms with van der Waals surface area (Å²) in [5, 5.41) is 21.3. The van der Waals surface area contributed by atoms with E-state index < -0.39 is 45.6 Å². The van der Waals surface area contributed by atoms with Crippen LogP contribution in [0.25, 0.3) is 10.2 Å². The summed E-state index contributed by atoms with van der Waals surface area (Å²) in [4.78, 5) is 32.2. The quantitative estimate of drug-likeness (QED) is 0.124. The van der Waals surface area contributed by atoms with Gasteiger partial charge in [0.2, 0.25) is 21.8 Å². The highest BCUT2D eigenvalue weighted by molar-refractivity contribution is 7.89. The standard InChI is InChI=1S/C39H51N5O5S2/c1-26(2)23-44(51(48,49)30-17-18-31-34(22-30)50-25-40-31)24-33(45)32(21-28-13-9-7-10-14-28)41-37(47)35(38(4,5)6)42-36(46)27(3)43-39(19-20-39)29-15-11-8-12-16-29/h7-18,22,25-27,32-33,35,43,45H,19-21,23-24H2,1-6H3,(H,41,47)(H,42,46). The van der Waals surface area contributed by atoms with E-state index in [1.54, 1.807) is 24.6 Å². The van der Waals surface area contributed by atoms with Crippen LogP contribution >= 0.6 is 11.3 Å². The fraction of sp³-hybridized carbons (Fsp3) is 0.462.